The Morgan fingerprint density at radius 3 is 2.75 bits per heavy atom. The van der Waals surface area contributed by atoms with Crippen molar-refractivity contribution in [2.75, 3.05) is 6.61 Å². The van der Waals surface area contributed by atoms with Crippen molar-refractivity contribution in [3.63, 3.8) is 0 Å². The molecule has 0 bridgehead atoms. The van der Waals surface area contributed by atoms with E-state index in [1.807, 2.05) is 31.2 Å². The van der Waals surface area contributed by atoms with Gasteiger partial charge in [0.05, 0.1) is 6.61 Å². The van der Waals surface area contributed by atoms with Gasteiger partial charge in [0.1, 0.15) is 5.75 Å². The molecular weight excluding hydrogens is 200 g/mol. The summed E-state index contributed by atoms with van der Waals surface area (Å²) in [4.78, 5) is 11.5. The number of carbonyl (C=O) groups excluding carboxylic acids is 1. The van der Waals surface area contributed by atoms with Crippen LogP contribution in [-0.4, -0.2) is 12.4 Å². The van der Waals surface area contributed by atoms with Crippen LogP contribution in [0, 0.1) is 0 Å². The van der Waals surface area contributed by atoms with Crippen molar-refractivity contribution < 1.29 is 9.53 Å². The van der Waals surface area contributed by atoms with E-state index >= 15 is 0 Å². The minimum absolute atomic E-state index is 0.166. The van der Waals surface area contributed by atoms with Gasteiger partial charge >= 0.3 is 0 Å². The van der Waals surface area contributed by atoms with Crippen molar-refractivity contribution in [1.29, 1.82) is 0 Å². The van der Waals surface area contributed by atoms with Crippen molar-refractivity contribution >= 4 is 5.78 Å². The maximum absolute atomic E-state index is 11.5. The third-order valence-electron chi connectivity index (χ3n) is 2.49. The Hall–Kier alpha value is -1.31. The van der Waals surface area contributed by atoms with Crippen molar-refractivity contribution in [2.24, 2.45) is 0 Å². The van der Waals surface area contributed by atoms with Gasteiger partial charge in [-0.15, -0.1) is 0 Å². The molecular formula is C14H20O2. The summed E-state index contributed by atoms with van der Waals surface area (Å²) in [5, 5.41) is 0. The van der Waals surface area contributed by atoms with E-state index in [9.17, 15) is 4.79 Å². The summed E-state index contributed by atoms with van der Waals surface area (Å²) in [5.41, 5.74) is 0.746. The maximum atomic E-state index is 11.5. The Morgan fingerprint density at radius 2 is 2.06 bits per heavy atom. The average molecular weight is 220 g/mol. The number of rotatable bonds is 7. The van der Waals surface area contributed by atoms with Crippen LogP contribution in [0.2, 0.25) is 0 Å². The maximum Gasteiger partial charge on any atom is 0.162 e. The first kappa shape index (κ1) is 12.8. The standard InChI is InChI=1S/C14H20O2/c1-3-5-6-10-16-13-9-7-8-12(11-13)14(15)4-2/h7-9,11H,3-6,10H2,1-2H3. The molecule has 0 saturated carbocycles. The van der Waals surface area contributed by atoms with Crippen LogP contribution < -0.4 is 4.74 Å². The third-order valence-corrected chi connectivity index (χ3v) is 2.49. The fraction of sp³-hybridized carbons (Fsp3) is 0.500. The predicted molar refractivity (Wildman–Crippen MR) is 66.1 cm³/mol. The summed E-state index contributed by atoms with van der Waals surface area (Å²) >= 11 is 0. The molecule has 1 aromatic rings. The highest BCUT2D eigenvalue weighted by Gasteiger charge is 2.03. The van der Waals surface area contributed by atoms with Crippen LogP contribution in [0.25, 0.3) is 0 Å². The van der Waals surface area contributed by atoms with Crippen LogP contribution in [0.5, 0.6) is 5.75 Å². The van der Waals surface area contributed by atoms with Crippen LogP contribution in [0.3, 0.4) is 0 Å². The van der Waals surface area contributed by atoms with Crippen molar-refractivity contribution in [3.8, 4) is 5.75 Å². The van der Waals surface area contributed by atoms with Crippen LogP contribution in [0.15, 0.2) is 24.3 Å². The topological polar surface area (TPSA) is 26.3 Å². The monoisotopic (exact) mass is 220 g/mol. The lowest BCUT2D eigenvalue weighted by Gasteiger charge is -2.06. The van der Waals surface area contributed by atoms with Crippen LogP contribution >= 0.6 is 0 Å². The summed E-state index contributed by atoms with van der Waals surface area (Å²) in [6.07, 6.45) is 3.99. The molecule has 88 valence electrons. The summed E-state index contributed by atoms with van der Waals surface area (Å²) < 4.78 is 5.59. The van der Waals surface area contributed by atoms with Crippen molar-refractivity contribution in [2.45, 2.75) is 39.5 Å². The molecule has 0 aliphatic heterocycles. The number of hydrogen-bond donors (Lipinski definition) is 0. The molecule has 0 saturated heterocycles. The largest absolute Gasteiger partial charge is 0.494 e. The lowest BCUT2D eigenvalue weighted by Crippen LogP contribution is -2.00. The van der Waals surface area contributed by atoms with Gasteiger partial charge in [-0.1, -0.05) is 38.8 Å². The van der Waals surface area contributed by atoms with Gasteiger partial charge in [-0.2, -0.15) is 0 Å². The predicted octanol–water partition coefficient (Wildman–Crippen LogP) is 3.85. The third kappa shape index (κ3) is 4.05. The molecule has 16 heavy (non-hydrogen) atoms. The number of carbonyl (C=O) groups is 1. The molecule has 0 heterocycles. The summed E-state index contributed by atoms with van der Waals surface area (Å²) in [5.74, 6) is 0.967. The average Bonchev–Trinajstić information content (AvgIpc) is 2.34. The normalized spacial score (nSPS) is 10.1. The molecule has 0 radical (unpaired) electrons. The highest BCUT2D eigenvalue weighted by atomic mass is 16.5. The Morgan fingerprint density at radius 1 is 1.25 bits per heavy atom. The fourth-order valence-electron chi connectivity index (χ4n) is 1.51. The van der Waals surface area contributed by atoms with E-state index < -0.39 is 0 Å². The zero-order chi connectivity index (χ0) is 11.8. The summed E-state index contributed by atoms with van der Waals surface area (Å²) in [6.45, 7) is 4.77. The van der Waals surface area contributed by atoms with Gasteiger partial charge in [0.2, 0.25) is 0 Å². The van der Waals surface area contributed by atoms with Crippen molar-refractivity contribution in [1.82, 2.24) is 0 Å². The first-order valence-electron chi connectivity index (χ1n) is 6.04. The smallest absolute Gasteiger partial charge is 0.162 e. The van der Waals surface area contributed by atoms with Gasteiger partial charge in [0.15, 0.2) is 5.78 Å². The van der Waals surface area contributed by atoms with Crippen LogP contribution in [0.1, 0.15) is 49.9 Å². The highest BCUT2D eigenvalue weighted by Crippen LogP contribution is 2.15. The molecule has 1 aromatic carbocycles. The molecule has 0 amide bonds. The lowest BCUT2D eigenvalue weighted by molar-refractivity contribution is 0.0987. The SMILES string of the molecule is CCCCCOc1cccc(C(=O)CC)c1. The lowest BCUT2D eigenvalue weighted by atomic mass is 10.1. The Kier molecular flexibility index (Phi) is 5.62. The fourth-order valence-corrected chi connectivity index (χ4v) is 1.51. The number of hydrogen-bond acceptors (Lipinski definition) is 2. The Bertz CT molecular complexity index is 331. The van der Waals surface area contributed by atoms with Crippen LogP contribution in [0.4, 0.5) is 0 Å². The zero-order valence-electron chi connectivity index (χ0n) is 10.2. The quantitative estimate of drug-likeness (QED) is 0.515. The van der Waals surface area contributed by atoms with E-state index in [-0.39, 0.29) is 5.78 Å². The second-order valence-corrected chi connectivity index (χ2v) is 3.86. The van der Waals surface area contributed by atoms with Gasteiger partial charge in [-0.3, -0.25) is 4.79 Å². The first-order chi connectivity index (χ1) is 7.77. The summed E-state index contributed by atoms with van der Waals surface area (Å²) in [7, 11) is 0. The Labute approximate surface area is 97.6 Å². The van der Waals surface area contributed by atoms with E-state index in [1.165, 1.54) is 12.8 Å². The first-order valence-corrected chi connectivity index (χ1v) is 6.04. The number of benzene rings is 1. The van der Waals surface area contributed by atoms with Gasteiger partial charge in [-0.05, 0) is 18.6 Å². The minimum Gasteiger partial charge on any atom is -0.494 e. The molecule has 1 rings (SSSR count). The molecule has 2 nitrogen and oxygen atoms in total. The van der Waals surface area contributed by atoms with Crippen LogP contribution in [-0.2, 0) is 0 Å². The van der Waals surface area contributed by atoms with E-state index in [4.69, 9.17) is 4.74 Å². The molecule has 0 aromatic heterocycles. The second-order valence-electron chi connectivity index (χ2n) is 3.86. The van der Waals surface area contributed by atoms with E-state index in [0.29, 0.717) is 6.42 Å². The van der Waals surface area contributed by atoms with E-state index in [1.54, 1.807) is 0 Å². The molecule has 0 N–H and O–H groups in total. The van der Waals surface area contributed by atoms with Gasteiger partial charge in [-0.25, -0.2) is 0 Å². The van der Waals surface area contributed by atoms with Crippen molar-refractivity contribution in [3.05, 3.63) is 29.8 Å². The summed E-state index contributed by atoms with van der Waals surface area (Å²) in [6, 6.07) is 7.44. The highest BCUT2D eigenvalue weighted by molar-refractivity contribution is 5.96. The molecule has 0 atom stereocenters. The van der Waals surface area contributed by atoms with Gasteiger partial charge in [0.25, 0.3) is 0 Å². The number of ketones is 1. The molecule has 0 aliphatic carbocycles. The minimum atomic E-state index is 0.166. The Balaban J connectivity index is 2.50. The van der Waals surface area contributed by atoms with Gasteiger partial charge in [0, 0.05) is 12.0 Å². The molecule has 2 heteroatoms. The number of Topliss-reactive ketones (excluding diaryl/α,β-unsaturated/α-hetero) is 1. The molecule has 0 aliphatic rings. The molecule has 0 unspecified atom stereocenters. The zero-order valence-corrected chi connectivity index (χ0v) is 10.2. The molecule has 0 fully saturated rings. The van der Waals surface area contributed by atoms with E-state index in [2.05, 4.69) is 6.92 Å². The van der Waals surface area contributed by atoms with E-state index in [0.717, 1.165) is 24.3 Å². The molecule has 0 spiro atoms. The van der Waals surface area contributed by atoms with Gasteiger partial charge < -0.3 is 4.74 Å². The second kappa shape index (κ2) is 7.04. The number of ether oxygens (including phenoxy) is 1. The number of unbranched alkanes of at least 4 members (excludes halogenated alkanes) is 2.